The first-order valence-electron chi connectivity index (χ1n) is 10.5. The Morgan fingerprint density at radius 1 is 1.34 bits per heavy atom. The molecule has 2 aromatic heterocycles. The number of nitrogens with one attached hydrogen (secondary N) is 1. The second-order valence-electron chi connectivity index (χ2n) is 7.68. The maximum absolute atomic E-state index is 13.0. The summed E-state index contributed by atoms with van der Waals surface area (Å²) in [5.41, 5.74) is 3.48. The van der Waals surface area contributed by atoms with Crippen molar-refractivity contribution in [1.82, 2.24) is 20.2 Å². The Morgan fingerprint density at radius 2 is 2.16 bits per heavy atom. The summed E-state index contributed by atoms with van der Waals surface area (Å²) in [6.07, 6.45) is 5.28. The number of nitriles is 1. The quantitative estimate of drug-likeness (QED) is 0.425. The minimum Gasteiger partial charge on any atom is -0.494 e. The zero-order chi connectivity index (χ0) is 22.7. The van der Waals surface area contributed by atoms with Crippen LogP contribution >= 0.6 is 23.1 Å². The van der Waals surface area contributed by atoms with E-state index in [1.807, 2.05) is 25.1 Å². The molecule has 1 unspecified atom stereocenters. The number of thioether (sulfide) groups is 1. The summed E-state index contributed by atoms with van der Waals surface area (Å²) in [6, 6.07) is 8.05. The zero-order valence-electron chi connectivity index (χ0n) is 18.2. The molecule has 2 heterocycles. The lowest BCUT2D eigenvalue weighted by Crippen LogP contribution is -2.23. The van der Waals surface area contributed by atoms with Gasteiger partial charge in [0.15, 0.2) is 0 Å². The number of anilines is 1. The predicted molar refractivity (Wildman–Crippen MR) is 125 cm³/mol. The molecule has 4 rings (SSSR count). The van der Waals surface area contributed by atoms with Gasteiger partial charge in [0.25, 0.3) is 0 Å². The third kappa shape index (κ3) is 4.49. The maximum Gasteiger partial charge on any atom is 0.238 e. The van der Waals surface area contributed by atoms with Crippen LogP contribution in [0.5, 0.6) is 5.75 Å². The van der Waals surface area contributed by atoms with Crippen LogP contribution in [0, 0.1) is 18.3 Å². The van der Waals surface area contributed by atoms with Gasteiger partial charge in [-0.05, 0) is 73.2 Å². The summed E-state index contributed by atoms with van der Waals surface area (Å²) < 4.78 is 7.03. The molecule has 0 saturated heterocycles. The summed E-state index contributed by atoms with van der Waals surface area (Å²) in [6.45, 7) is 3.78. The highest BCUT2D eigenvalue weighted by atomic mass is 32.2. The maximum atomic E-state index is 13.0. The van der Waals surface area contributed by atoms with Gasteiger partial charge in [-0.25, -0.2) is 0 Å². The largest absolute Gasteiger partial charge is 0.494 e. The van der Waals surface area contributed by atoms with Crippen molar-refractivity contribution in [3.8, 4) is 17.5 Å². The lowest BCUT2D eigenvalue weighted by molar-refractivity contribution is -0.115. The fraction of sp³-hybridized carbons (Fsp3) is 0.409. The van der Waals surface area contributed by atoms with Crippen molar-refractivity contribution < 1.29 is 9.53 Å². The number of carbonyl (C=O) groups excluding carboxylic acids is 1. The number of amides is 1. The second-order valence-corrected chi connectivity index (χ2v) is 10.1. The van der Waals surface area contributed by atoms with E-state index >= 15 is 0 Å². The van der Waals surface area contributed by atoms with Crippen molar-refractivity contribution in [2.24, 2.45) is 0 Å². The standard InChI is InChI=1S/C22H24N6O2S2/c1-13-9-10-18(30-3)17(11-13)28-22(25-26-27-28)31-14(2)20(29)24-21-16(12-23)15-7-5-4-6-8-19(15)32-21/h9-11,14H,4-8H2,1-3H3,(H,24,29). The molecular formula is C22H24N6O2S2. The number of hydrogen-bond donors (Lipinski definition) is 1. The van der Waals surface area contributed by atoms with Crippen LogP contribution in [-0.2, 0) is 17.6 Å². The van der Waals surface area contributed by atoms with Crippen LogP contribution in [-0.4, -0.2) is 38.5 Å². The molecule has 1 aromatic carbocycles. The van der Waals surface area contributed by atoms with Gasteiger partial charge in [-0.3, -0.25) is 4.79 Å². The van der Waals surface area contributed by atoms with E-state index in [-0.39, 0.29) is 5.91 Å². The van der Waals surface area contributed by atoms with Crippen molar-refractivity contribution >= 4 is 34.0 Å². The Hall–Kier alpha value is -2.90. The van der Waals surface area contributed by atoms with E-state index in [0.717, 1.165) is 36.8 Å². The van der Waals surface area contributed by atoms with Crippen molar-refractivity contribution in [3.63, 3.8) is 0 Å². The molecule has 0 spiro atoms. The van der Waals surface area contributed by atoms with Crippen molar-refractivity contribution in [2.75, 3.05) is 12.4 Å². The fourth-order valence-electron chi connectivity index (χ4n) is 3.74. The fourth-order valence-corrected chi connectivity index (χ4v) is 5.79. The molecule has 1 amide bonds. The summed E-state index contributed by atoms with van der Waals surface area (Å²) in [7, 11) is 1.59. The smallest absolute Gasteiger partial charge is 0.238 e. The SMILES string of the molecule is COc1ccc(C)cc1-n1nnnc1SC(C)C(=O)Nc1sc2c(c1C#N)CCCCC2. The highest BCUT2D eigenvalue weighted by Gasteiger charge is 2.25. The number of hydrogen-bond acceptors (Lipinski definition) is 8. The van der Waals surface area contributed by atoms with E-state index in [1.165, 1.54) is 34.4 Å². The Morgan fingerprint density at radius 3 is 2.94 bits per heavy atom. The number of aryl methyl sites for hydroxylation is 2. The van der Waals surface area contributed by atoms with Crippen molar-refractivity contribution in [1.29, 1.82) is 5.26 Å². The van der Waals surface area contributed by atoms with Gasteiger partial charge in [0.05, 0.1) is 17.9 Å². The van der Waals surface area contributed by atoms with E-state index in [2.05, 4.69) is 26.9 Å². The van der Waals surface area contributed by atoms with Gasteiger partial charge in [-0.1, -0.05) is 24.2 Å². The van der Waals surface area contributed by atoms with Gasteiger partial charge >= 0.3 is 0 Å². The molecular weight excluding hydrogens is 444 g/mol. The van der Waals surface area contributed by atoms with Crippen LogP contribution in [0.4, 0.5) is 5.00 Å². The van der Waals surface area contributed by atoms with Crippen LogP contribution in [0.25, 0.3) is 5.69 Å². The first-order valence-corrected chi connectivity index (χ1v) is 12.2. The zero-order valence-corrected chi connectivity index (χ0v) is 19.8. The highest BCUT2D eigenvalue weighted by molar-refractivity contribution is 8.00. The molecule has 1 aliphatic carbocycles. The molecule has 0 bridgehead atoms. The second kappa shape index (κ2) is 9.71. The number of tetrazole rings is 1. The van der Waals surface area contributed by atoms with Crippen LogP contribution in [0.1, 0.15) is 47.8 Å². The first-order chi connectivity index (χ1) is 15.5. The molecule has 0 aliphatic heterocycles. The molecule has 0 saturated carbocycles. The summed E-state index contributed by atoms with van der Waals surface area (Å²) in [5.74, 6) is 0.453. The predicted octanol–water partition coefficient (Wildman–Crippen LogP) is 4.30. The molecule has 3 aromatic rings. The van der Waals surface area contributed by atoms with Crippen LogP contribution in [0.3, 0.4) is 0 Å². The third-order valence-corrected chi connectivity index (χ3v) is 7.66. The lowest BCUT2D eigenvalue weighted by Gasteiger charge is -2.13. The minimum absolute atomic E-state index is 0.186. The Labute approximate surface area is 195 Å². The minimum atomic E-state index is -0.469. The van der Waals surface area contributed by atoms with Gasteiger partial charge in [0, 0.05) is 4.88 Å². The molecule has 1 aliphatic rings. The number of ether oxygens (including phenoxy) is 1. The monoisotopic (exact) mass is 468 g/mol. The number of rotatable bonds is 6. The molecule has 8 nitrogen and oxygen atoms in total. The van der Waals surface area contributed by atoms with E-state index in [4.69, 9.17) is 4.74 Å². The van der Waals surface area contributed by atoms with E-state index in [1.54, 1.807) is 18.7 Å². The topological polar surface area (TPSA) is 106 Å². The van der Waals surface area contributed by atoms with Gasteiger partial charge in [0.1, 0.15) is 22.5 Å². The summed E-state index contributed by atoms with van der Waals surface area (Å²) in [4.78, 5) is 14.2. The number of fused-ring (bicyclic) bond motifs is 1. The van der Waals surface area contributed by atoms with E-state index in [0.29, 0.717) is 27.2 Å². The average Bonchev–Trinajstić information content (AvgIpc) is 3.30. The summed E-state index contributed by atoms with van der Waals surface area (Å²) >= 11 is 2.79. The van der Waals surface area contributed by atoms with E-state index < -0.39 is 5.25 Å². The molecule has 32 heavy (non-hydrogen) atoms. The number of benzene rings is 1. The average molecular weight is 469 g/mol. The van der Waals surface area contributed by atoms with Crippen LogP contribution < -0.4 is 10.1 Å². The van der Waals surface area contributed by atoms with Gasteiger partial charge in [-0.2, -0.15) is 9.94 Å². The highest BCUT2D eigenvalue weighted by Crippen LogP contribution is 2.37. The van der Waals surface area contributed by atoms with Crippen LogP contribution in [0.2, 0.25) is 0 Å². The van der Waals surface area contributed by atoms with Gasteiger partial charge < -0.3 is 10.1 Å². The number of carbonyl (C=O) groups is 1. The number of thiophene rings is 1. The normalized spacial score (nSPS) is 14.2. The summed E-state index contributed by atoms with van der Waals surface area (Å²) in [5, 5.41) is 25.3. The van der Waals surface area contributed by atoms with Gasteiger partial charge in [-0.15, -0.1) is 16.4 Å². The number of aromatic nitrogens is 4. The molecule has 0 radical (unpaired) electrons. The van der Waals surface area contributed by atoms with Crippen LogP contribution in [0.15, 0.2) is 23.4 Å². The van der Waals surface area contributed by atoms with E-state index in [9.17, 15) is 10.1 Å². The first kappa shape index (κ1) is 22.3. The molecule has 1 N–H and O–H groups in total. The lowest BCUT2D eigenvalue weighted by atomic mass is 10.1. The molecule has 1 atom stereocenters. The molecule has 0 fully saturated rings. The van der Waals surface area contributed by atoms with Crippen molar-refractivity contribution in [2.45, 2.75) is 56.4 Å². The number of nitrogens with zero attached hydrogens (tertiary/aromatic N) is 5. The molecule has 166 valence electrons. The van der Waals surface area contributed by atoms with Crippen molar-refractivity contribution in [3.05, 3.63) is 39.8 Å². The third-order valence-electron chi connectivity index (χ3n) is 5.42. The Bertz CT molecular complexity index is 1180. The number of methoxy groups -OCH3 is 1. The Balaban J connectivity index is 1.53. The molecule has 10 heteroatoms. The Kier molecular flexibility index (Phi) is 6.77. The van der Waals surface area contributed by atoms with Gasteiger partial charge in [0.2, 0.25) is 11.1 Å².